The number of benzene rings is 2. The van der Waals surface area contributed by atoms with E-state index in [0.717, 1.165) is 33.4 Å². The van der Waals surface area contributed by atoms with Gasteiger partial charge >= 0.3 is 5.97 Å². The highest BCUT2D eigenvalue weighted by Gasteiger charge is 2.34. The Hall–Kier alpha value is -4.33. The smallest absolute Gasteiger partial charge is 0.359 e. The SMILES string of the molecule is COC(=O)c1nn(CC2=Cc3cccc(C)c3C(=O)C2c2ccccc2C)c2ncnc(N)c12. The molecule has 8 nitrogen and oxygen atoms in total. The summed E-state index contributed by atoms with van der Waals surface area (Å²) in [5.74, 6) is -0.939. The second kappa shape index (κ2) is 8.22. The lowest BCUT2D eigenvalue weighted by Gasteiger charge is -2.27. The standard InChI is InChI=1S/C26H23N5O3/c1-14-7-4-5-10-18(14)20-17(11-16-9-6-8-15(2)19(16)23(20)32)12-31-25-21(24(27)28-13-29-25)22(30-31)26(33)34-3/h4-11,13,20H,12H2,1-3H3,(H2,27,28,29). The predicted octanol–water partition coefficient (Wildman–Crippen LogP) is 3.88. The van der Waals surface area contributed by atoms with Crippen LogP contribution in [0.1, 0.15) is 49.0 Å². The van der Waals surface area contributed by atoms with Crippen LogP contribution in [0.25, 0.3) is 17.1 Å². The van der Waals surface area contributed by atoms with E-state index in [-0.39, 0.29) is 23.8 Å². The molecule has 0 spiro atoms. The first-order valence-electron chi connectivity index (χ1n) is 10.9. The molecule has 0 fully saturated rings. The number of Topliss-reactive ketones (excluding diaryl/α,β-unsaturated/α-hetero) is 1. The van der Waals surface area contributed by atoms with Crippen molar-refractivity contribution in [2.45, 2.75) is 26.3 Å². The van der Waals surface area contributed by atoms with E-state index in [1.165, 1.54) is 13.4 Å². The third-order valence-corrected chi connectivity index (χ3v) is 6.29. The molecule has 5 rings (SSSR count). The number of carbonyl (C=O) groups excluding carboxylic acids is 2. The second-order valence-corrected chi connectivity index (χ2v) is 8.37. The lowest BCUT2D eigenvalue weighted by atomic mass is 9.76. The van der Waals surface area contributed by atoms with E-state index in [1.807, 2.05) is 62.4 Å². The van der Waals surface area contributed by atoms with Gasteiger partial charge in [-0.2, -0.15) is 5.10 Å². The van der Waals surface area contributed by atoms with Crippen molar-refractivity contribution in [2.75, 3.05) is 12.8 Å². The number of ether oxygens (including phenoxy) is 1. The van der Waals surface area contributed by atoms with Crippen LogP contribution >= 0.6 is 0 Å². The maximum absolute atomic E-state index is 13.9. The highest BCUT2D eigenvalue weighted by atomic mass is 16.5. The fourth-order valence-corrected chi connectivity index (χ4v) is 4.68. The van der Waals surface area contributed by atoms with Gasteiger partial charge in [0, 0.05) is 5.56 Å². The monoisotopic (exact) mass is 453 g/mol. The summed E-state index contributed by atoms with van der Waals surface area (Å²) < 4.78 is 6.48. The van der Waals surface area contributed by atoms with Crippen LogP contribution in [0.3, 0.4) is 0 Å². The Kier molecular flexibility index (Phi) is 5.20. The molecule has 1 atom stereocenters. The molecule has 170 valence electrons. The van der Waals surface area contributed by atoms with Gasteiger partial charge in [0.1, 0.15) is 12.1 Å². The molecule has 8 heteroatoms. The Bertz CT molecular complexity index is 1500. The number of carbonyl (C=O) groups is 2. The van der Waals surface area contributed by atoms with Crippen molar-refractivity contribution < 1.29 is 14.3 Å². The zero-order chi connectivity index (χ0) is 24.0. The zero-order valence-electron chi connectivity index (χ0n) is 19.1. The number of nitrogens with two attached hydrogens (primary N) is 1. The minimum absolute atomic E-state index is 0.0405. The molecule has 0 bridgehead atoms. The van der Waals surface area contributed by atoms with Crippen LogP contribution in [0.15, 0.2) is 54.4 Å². The van der Waals surface area contributed by atoms with Crippen molar-refractivity contribution in [1.82, 2.24) is 19.7 Å². The van der Waals surface area contributed by atoms with Crippen molar-refractivity contribution in [1.29, 1.82) is 0 Å². The first-order valence-corrected chi connectivity index (χ1v) is 10.9. The molecule has 2 heterocycles. The van der Waals surface area contributed by atoms with E-state index in [4.69, 9.17) is 10.5 Å². The zero-order valence-corrected chi connectivity index (χ0v) is 19.1. The van der Waals surface area contributed by atoms with Gasteiger partial charge in [-0.25, -0.2) is 19.4 Å². The van der Waals surface area contributed by atoms with Crippen LogP contribution < -0.4 is 5.73 Å². The summed E-state index contributed by atoms with van der Waals surface area (Å²) in [6, 6.07) is 13.7. The summed E-state index contributed by atoms with van der Waals surface area (Å²) in [5, 5.41) is 4.81. The number of anilines is 1. The Balaban J connectivity index is 1.71. The molecule has 2 aromatic carbocycles. The van der Waals surface area contributed by atoms with Gasteiger partial charge in [0.15, 0.2) is 17.1 Å². The van der Waals surface area contributed by atoms with E-state index in [9.17, 15) is 9.59 Å². The molecule has 0 radical (unpaired) electrons. The molecule has 34 heavy (non-hydrogen) atoms. The normalized spacial score (nSPS) is 15.2. The van der Waals surface area contributed by atoms with Gasteiger partial charge in [-0.1, -0.05) is 48.5 Å². The van der Waals surface area contributed by atoms with Crippen LogP contribution in [0.5, 0.6) is 0 Å². The number of hydrogen-bond donors (Lipinski definition) is 1. The van der Waals surface area contributed by atoms with Crippen molar-refractivity contribution in [3.05, 3.63) is 87.9 Å². The predicted molar refractivity (Wildman–Crippen MR) is 128 cm³/mol. The molecule has 1 aliphatic carbocycles. The lowest BCUT2D eigenvalue weighted by Crippen LogP contribution is -2.24. The van der Waals surface area contributed by atoms with Gasteiger partial charge in [0.25, 0.3) is 0 Å². The van der Waals surface area contributed by atoms with Crippen LogP contribution in [0.4, 0.5) is 5.82 Å². The molecule has 4 aromatic rings. The molecule has 0 aliphatic heterocycles. The van der Waals surface area contributed by atoms with E-state index >= 15 is 0 Å². The van der Waals surface area contributed by atoms with Crippen molar-refractivity contribution in [3.63, 3.8) is 0 Å². The fourth-order valence-electron chi connectivity index (χ4n) is 4.68. The highest BCUT2D eigenvalue weighted by molar-refractivity contribution is 6.10. The number of rotatable bonds is 4. The summed E-state index contributed by atoms with van der Waals surface area (Å²) in [6.07, 6.45) is 3.37. The second-order valence-electron chi connectivity index (χ2n) is 8.37. The maximum atomic E-state index is 13.9. The number of fused-ring (bicyclic) bond motifs is 2. The number of allylic oxidation sites excluding steroid dienone is 1. The van der Waals surface area contributed by atoms with E-state index < -0.39 is 11.9 Å². The Morgan fingerprint density at radius 1 is 1.09 bits per heavy atom. The Morgan fingerprint density at radius 2 is 1.85 bits per heavy atom. The topological polar surface area (TPSA) is 113 Å². The third kappa shape index (κ3) is 3.35. The van der Waals surface area contributed by atoms with Gasteiger partial charge in [0.05, 0.1) is 25.0 Å². The number of nitrogens with zero attached hydrogens (tertiary/aromatic N) is 4. The minimum Gasteiger partial charge on any atom is -0.464 e. The quantitative estimate of drug-likeness (QED) is 0.467. The average Bonchev–Trinajstić information content (AvgIpc) is 3.19. The van der Waals surface area contributed by atoms with E-state index in [1.54, 1.807) is 4.68 Å². The molecule has 2 aromatic heterocycles. The molecular weight excluding hydrogens is 430 g/mol. The number of aromatic nitrogens is 4. The average molecular weight is 454 g/mol. The van der Waals surface area contributed by atoms with Crippen molar-refractivity contribution >= 4 is 34.7 Å². The molecular formula is C26H23N5O3. The number of esters is 1. The van der Waals surface area contributed by atoms with Crippen LogP contribution in [-0.4, -0.2) is 38.6 Å². The van der Waals surface area contributed by atoms with Crippen LogP contribution in [0, 0.1) is 13.8 Å². The summed E-state index contributed by atoms with van der Waals surface area (Å²) in [5.41, 5.74) is 11.8. The van der Waals surface area contributed by atoms with Gasteiger partial charge in [-0.15, -0.1) is 0 Å². The first kappa shape index (κ1) is 21.5. The number of methoxy groups -OCH3 is 1. The summed E-state index contributed by atoms with van der Waals surface area (Å²) in [6.45, 7) is 4.19. The van der Waals surface area contributed by atoms with Crippen molar-refractivity contribution in [3.8, 4) is 0 Å². The van der Waals surface area contributed by atoms with Crippen LogP contribution in [0.2, 0.25) is 0 Å². The van der Waals surface area contributed by atoms with Crippen molar-refractivity contribution in [2.24, 2.45) is 0 Å². The molecule has 2 N–H and O–H groups in total. The Morgan fingerprint density at radius 3 is 2.62 bits per heavy atom. The molecule has 1 unspecified atom stereocenters. The number of aryl methyl sites for hydroxylation is 2. The summed E-state index contributed by atoms with van der Waals surface area (Å²) in [4.78, 5) is 34.6. The van der Waals surface area contributed by atoms with Crippen LogP contribution in [-0.2, 0) is 11.3 Å². The fraction of sp³-hybridized carbons (Fsp3) is 0.192. The Labute approximate surface area is 196 Å². The lowest BCUT2D eigenvalue weighted by molar-refractivity contribution is 0.0595. The largest absolute Gasteiger partial charge is 0.464 e. The third-order valence-electron chi connectivity index (χ3n) is 6.29. The maximum Gasteiger partial charge on any atom is 0.359 e. The highest BCUT2D eigenvalue weighted by Crippen LogP contribution is 2.39. The molecule has 1 aliphatic rings. The summed E-state index contributed by atoms with van der Waals surface area (Å²) in [7, 11) is 1.28. The minimum atomic E-state index is -0.629. The van der Waals surface area contributed by atoms with E-state index in [0.29, 0.717) is 11.0 Å². The summed E-state index contributed by atoms with van der Waals surface area (Å²) >= 11 is 0. The first-order chi connectivity index (χ1) is 16.4. The molecule has 0 saturated heterocycles. The van der Waals surface area contributed by atoms with Gasteiger partial charge in [0.2, 0.25) is 0 Å². The van der Waals surface area contributed by atoms with Gasteiger partial charge in [-0.3, -0.25) is 4.79 Å². The number of ketones is 1. The van der Waals surface area contributed by atoms with Gasteiger partial charge < -0.3 is 10.5 Å². The molecule has 0 saturated carbocycles. The number of hydrogen-bond acceptors (Lipinski definition) is 7. The van der Waals surface area contributed by atoms with Gasteiger partial charge in [-0.05, 0) is 41.7 Å². The van der Waals surface area contributed by atoms with E-state index in [2.05, 4.69) is 15.1 Å². The molecule has 0 amide bonds. The number of nitrogen functional groups attached to an aromatic ring is 1.